The zero-order valence-corrected chi connectivity index (χ0v) is 9.35. The van der Waals surface area contributed by atoms with Crippen LogP contribution >= 0.6 is 0 Å². The van der Waals surface area contributed by atoms with Gasteiger partial charge < -0.3 is 5.32 Å². The second-order valence-corrected chi connectivity index (χ2v) is 3.70. The van der Waals surface area contributed by atoms with E-state index in [1.807, 2.05) is 6.07 Å². The topological polar surface area (TPSA) is 37.8 Å². The molecule has 1 aromatic carbocycles. The first kappa shape index (κ1) is 10.6. The molecule has 0 aliphatic carbocycles. The van der Waals surface area contributed by atoms with Crippen LogP contribution in [0.15, 0.2) is 42.9 Å². The molecule has 3 nitrogen and oxygen atoms in total. The Hall–Kier alpha value is -1.90. The van der Waals surface area contributed by atoms with Gasteiger partial charge in [-0.25, -0.2) is 9.97 Å². The zero-order chi connectivity index (χ0) is 11.2. The van der Waals surface area contributed by atoms with E-state index in [-0.39, 0.29) is 0 Å². The van der Waals surface area contributed by atoms with Crippen molar-refractivity contribution in [3.8, 4) is 0 Å². The molecule has 1 aromatic heterocycles. The first-order chi connectivity index (χ1) is 7.86. The average molecular weight is 213 g/mol. The number of nitrogens with one attached hydrogen (secondary N) is 1. The minimum absolute atomic E-state index is 0.878. The quantitative estimate of drug-likeness (QED) is 0.847. The number of hydrogen-bond acceptors (Lipinski definition) is 3. The Labute approximate surface area is 95.6 Å². The number of rotatable bonds is 4. The number of anilines is 1. The van der Waals surface area contributed by atoms with Gasteiger partial charge >= 0.3 is 0 Å². The predicted molar refractivity (Wildman–Crippen MR) is 65.4 cm³/mol. The molecule has 1 N–H and O–H groups in total. The average Bonchev–Trinajstić information content (AvgIpc) is 2.33. The van der Waals surface area contributed by atoms with Crippen LogP contribution in [0.5, 0.6) is 0 Å². The van der Waals surface area contributed by atoms with Crippen LogP contribution < -0.4 is 5.32 Å². The molecule has 2 aromatic rings. The molecule has 3 heteroatoms. The first-order valence-electron chi connectivity index (χ1n) is 5.40. The monoisotopic (exact) mass is 213 g/mol. The van der Waals surface area contributed by atoms with Gasteiger partial charge in [-0.2, -0.15) is 0 Å². The molecule has 0 unspecified atom stereocenters. The molecule has 0 spiro atoms. The van der Waals surface area contributed by atoms with Gasteiger partial charge in [-0.3, -0.25) is 0 Å². The normalized spacial score (nSPS) is 10.1. The molecule has 0 fully saturated rings. The van der Waals surface area contributed by atoms with Crippen molar-refractivity contribution in [1.29, 1.82) is 0 Å². The van der Waals surface area contributed by atoms with Crippen molar-refractivity contribution in [2.75, 3.05) is 11.9 Å². The summed E-state index contributed by atoms with van der Waals surface area (Å²) in [5.41, 5.74) is 2.72. The van der Waals surface area contributed by atoms with Crippen LogP contribution in [0, 0.1) is 6.92 Å². The van der Waals surface area contributed by atoms with Crippen LogP contribution in [0.2, 0.25) is 0 Å². The molecule has 0 atom stereocenters. The SMILES string of the molecule is Cc1ccccc1CCNc1ccncn1. The number of nitrogens with zero attached hydrogens (tertiary/aromatic N) is 2. The minimum Gasteiger partial charge on any atom is -0.370 e. The molecular weight excluding hydrogens is 198 g/mol. The maximum Gasteiger partial charge on any atom is 0.129 e. The first-order valence-corrected chi connectivity index (χ1v) is 5.40. The Kier molecular flexibility index (Phi) is 3.49. The smallest absolute Gasteiger partial charge is 0.129 e. The predicted octanol–water partition coefficient (Wildman–Crippen LogP) is 2.44. The molecule has 0 saturated carbocycles. The van der Waals surface area contributed by atoms with Gasteiger partial charge in [0, 0.05) is 12.7 Å². The third kappa shape index (κ3) is 2.79. The van der Waals surface area contributed by atoms with E-state index in [1.54, 1.807) is 12.5 Å². The highest BCUT2D eigenvalue weighted by Gasteiger charge is 1.97. The van der Waals surface area contributed by atoms with Crippen molar-refractivity contribution in [1.82, 2.24) is 9.97 Å². The Morgan fingerprint density at radius 3 is 2.81 bits per heavy atom. The molecule has 0 amide bonds. The number of benzene rings is 1. The fraction of sp³-hybridized carbons (Fsp3) is 0.231. The van der Waals surface area contributed by atoms with Crippen molar-refractivity contribution >= 4 is 5.82 Å². The van der Waals surface area contributed by atoms with Gasteiger partial charge in [-0.05, 0) is 30.5 Å². The highest BCUT2D eigenvalue weighted by Crippen LogP contribution is 2.08. The van der Waals surface area contributed by atoms with Crippen LogP contribution in [-0.4, -0.2) is 16.5 Å². The van der Waals surface area contributed by atoms with Crippen LogP contribution in [0.4, 0.5) is 5.82 Å². The molecular formula is C13H15N3. The van der Waals surface area contributed by atoms with Crippen molar-refractivity contribution in [2.24, 2.45) is 0 Å². The number of aryl methyl sites for hydroxylation is 1. The summed E-state index contributed by atoms with van der Waals surface area (Å²) < 4.78 is 0. The van der Waals surface area contributed by atoms with E-state index >= 15 is 0 Å². The molecule has 0 aliphatic heterocycles. The van der Waals surface area contributed by atoms with Crippen molar-refractivity contribution in [3.63, 3.8) is 0 Å². The Morgan fingerprint density at radius 1 is 1.19 bits per heavy atom. The Bertz CT molecular complexity index is 440. The van der Waals surface area contributed by atoms with Gasteiger partial charge in [0.05, 0.1) is 0 Å². The van der Waals surface area contributed by atoms with Crippen LogP contribution in [0.1, 0.15) is 11.1 Å². The van der Waals surface area contributed by atoms with E-state index < -0.39 is 0 Å². The van der Waals surface area contributed by atoms with Gasteiger partial charge in [0.15, 0.2) is 0 Å². The minimum atomic E-state index is 0.878. The lowest BCUT2D eigenvalue weighted by Gasteiger charge is -2.07. The Morgan fingerprint density at radius 2 is 2.06 bits per heavy atom. The maximum atomic E-state index is 4.11. The van der Waals surface area contributed by atoms with E-state index in [4.69, 9.17) is 0 Å². The molecule has 16 heavy (non-hydrogen) atoms. The summed E-state index contributed by atoms with van der Waals surface area (Å²) in [4.78, 5) is 7.98. The fourth-order valence-corrected chi connectivity index (χ4v) is 1.61. The zero-order valence-electron chi connectivity index (χ0n) is 9.35. The summed E-state index contributed by atoms with van der Waals surface area (Å²) in [5.74, 6) is 0.878. The van der Waals surface area contributed by atoms with Crippen LogP contribution in [0.3, 0.4) is 0 Å². The molecule has 0 radical (unpaired) electrons. The number of aromatic nitrogens is 2. The molecule has 82 valence electrons. The standard InChI is InChI=1S/C13H15N3/c1-11-4-2-3-5-12(11)6-9-15-13-7-8-14-10-16-13/h2-5,7-8,10H,6,9H2,1H3,(H,14,15,16). The third-order valence-electron chi connectivity index (χ3n) is 2.54. The second kappa shape index (κ2) is 5.26. The molecule has 0 bridgehead atoms. The highest BCUT2D eigenvalue weighted by atomic mass is 15.0. The van der Waals surface area contributed by atoms with Crippen molar-refractivity contribution < 1.29 is 0 Å². The second-order valence-electron chi connectivity index (χ2n) is 3.70. The summed E-state index contributed by atoms with van der Waals surface area (Å²) in [5, 5.41) is 3.27. The summed E-state index contributed by atoms with van der Waals surface area (Å²) in [6.45, 7) is 3.03. The summed E-state index contributed by atoms with van der Waals surface area (Å²) in [6.07, 6.45) is 4.30. The van der Waals surface area contributed by atoms with Crippen molar-refractivity contribution in [3.05, 3.63) is 54.0 Å². The lowest BCUT2D eigenvalue weighted by Crippen LogP contribution is -2.06. The van der Waals surface area contributed by atoms with Crippen molar-refractivity contribution in [2.45, 2.75) is 13.3 Å². The van der Waals surface area contributed by atoms with Gasteiger partial charge in [-0.1, -0.05) is 24.3 Å². The third-order valence-corrected chi connectivity index (χ3v) is 2.54. The highest BCUT2D eigenvalue weighted by molar-refractivity contribution is 5.33. The Balaban J connectivity index is 1.87. The van der Waals surface area contributed by atoms with Crippen LogP contribution in [0.25, 0.3) is 0 Å². The summed E-state index contributed by atoms with van der Waals surface area (Å²) >= 11 is 0. The maximum absolute atomic E-state index is 4.11. The van der Waals surface area contributed by atoms with E-state index in [0.717, 1.165) is 18.8 Å². The van der Waals surface area contributed by atoms with E-state index in [0.29, 0.717) is 0 Å². The van der Waals surface area contributed by atoms with Gasteiger partial charge in [0.1, 0.15) is 12.1 Å². The van der Waals surface area contributed by atoms with Gasteiger partial charge in [0.25, 0.3) is 0 Å². The van der Waals surface area contributed by atoms with Gasteiger partial charge in [-0.15, -0.1) is 0 Å². The number of hydrogen-bond donors (Lipinski definition) is 1. The largest absolute Gasteiger partial charge is 0.370 e. The van der Waals surface area contributed by atoms with Gasteiger partial charge in [0.2, 0.25) is 0 Å². The van der Waals surface area contributed by atoms with Crippen LogP contribution in [-0.2, 0) is 6.42 Å². The van der Waals surface area contributed by atoms with E-state index in [2.05, 4.69) is 46.5 Å². The van der Waals surface area contributed by atoms with E-state index in [1.165, 1.54) is 11.1 Å². The summed E-state index contributed by atoms with van der Waals surface area (Å²) in [7, 11) is 0. The lowest BCUT2D eigenvalue weighted by molar-refractivity contribution is 0.988. The lowest BCUT2D eigenvalue weighted by atomic mass is 10.1. The summed E-state index contributed by atoms with van der Waals surface area (Å²) in [6, 6.07) is 10.3. The molecule has 0 aliphatic rings. The fourth-order valence-electron chi connectivity index (χ4n) is 1.61. The molecule has 1 heterocycles. The molecule has 0 saturated heterocycles. The molecule has 2 rings (SSSR count). The van der Waals surface area contributed by atoms with E-state index in [9.17, 15) is 0 Å².